The van der Waals surface area contributed by atoms with Gasteiger partial charge in [-0.05, 0) is 19.4 Å². The van der Waals surface area contributed by atoms with Gasteiger partial charge in [0.1, 0.15) is 0 Å². The van der Waals surface area contributed by atoms with Gasteiger partial charge in [0.05, 0.1) is 13.2 Å². The summed E-state index contributed by atoms with van der Waals surface area (Å²) in [6.45, 7) is 8.15. The highest BCUT2D eigenvalue weighted by molar-refractivity contribution is 5.24. The average molecular weight is 195 g/mol. The highest BCUT2D eigenvalue weighted by atomic mass is 16.6. The number of hydrogen-bond acceptors (Lipinski definition) is 2. The molecule has 1 unspecified atom stereocenters. The van der Waals surface area contributed by atoms with Crippen LogP contribution in [0.3, 0.4) is 0 Å². The number of hydroxylamine groups is 1. The van der Waals surface area contributed by atoms with Crippen LogP contribution in [0, 0.1) is 6.92 Å². The van der Waals surface area contributed by atoms with Crippen molar-refractivity contribution in [2.24, 2.45) is 0 Å². The zero-order valence-electron chi connectivity index (χ0n) is 9.79. The minimum Gasteiger partial charge on any atom is -0.305 e. The summed E-state index contributed by atoms with van der Waals surface area (Å²) < 4.78 is 0. The van der Waals surface area contributed by atoms with E-state index in [0.29, 0.717) is 0 Å². The molecule has 0 aromatic heterocycles. The van der Waals surface area contributed by atoms with E-state index < -0.39 is 0 Å². The number of nitrogens with one attached hydrogen (secondary N) is 1. The van der Waals surface area contributed by atoms with E-state index in [1.165, 1.54) is 11.1 Å². The second kappa shape index (κ2) is 7.54. The van der Waals surface area contributed by atoms with Crippen molar-refractivity contribution in [2.75, 3.05) is 7.11 Å². The molecule has 1 aromatic rings. The molecule has 0 radical (unpaired) electrons. The normalized spacial score (nSPS) is 11.5. The number of rotatable bonds is 3. The Balaban J connectivity index is 0.000000791. The zero-order chi connectivity index (χ0) is 11.0. The van der Waals surface area contributed by atoms with Gasteiger partial charge in [0, 0.05) is 0 Å². The first-order chi connectivity index (χ1) is 6.74. The summed E-state index contributed by atoms with van der Waals surface area (Å²) in [5, 5.41) is 0. The van der Waals surface area contributed by atoms with Crippen LogP contribution in [-0.4, -0.2) is 7.11 Å². The average Bonchev–Trinajstić information content (AvgIpc) is 2.21. The fraction of sp³-hybridized carbons (Fsp3) is 0.500. The van der Waals surface area contributed by atoms with E-state index in [2.05, 4.69) is 43.6 Å². The fourth-order valence-electron chi connectivity index (χ4n) is 1.18. The van der Waals surface area contributed by atoms with Gasteiger partial charge < -0.3 is 4.84 Å². The smallest absolute Gasteiger partial charge is 0.0572 e. The van der Waals surface area contributed by atoms with Gasteiger partial charge in [-0.2, -0.15) is 5.48 Å². The van der Waals surface area contributed by atoms with Crippen LogP contribution in [0.1, 0.15) is 37.9 Å². The molecule has 2 heteroatoms. The molecule has 0 fully saturated rings. The lowest BCUT2D eigenvalue weighted by Gasteiger charge is -2.12. The maximum atomic E-state index is 4.85. The lowest BCUT2D eigenvalue weighted by molar-refractivity contribution is 0.0658. The molecule has 0 saturated carbocycles. The van der Waals surface area contributed by atoms with Crippen LogP contribution < -0.4 is 5.48 Å². The van der Waals surface area contributed by atoms with Gasteiger partial charge in [-0.3, -0.25) is 0 Å². The molecule has 80 valence electrons. The third-order valence-corrected chi connectivity index (χ3v) is 1.84. The van der Waals surface area contributed by atoms with E-state index in [-0.39, 0.29) is 6.04 Å². The molecule has 0 heterocycles. The highest BCUT2D eigenvalue weighted by Crippen LogP contribution is 2.12. The van der Waals surface area contributed by atoms with Crippen LogP contribution in [0.5, 0.6) is 0 Å². The molecule has 1 atom stereocenters. The van der Waals surface area contributed by atoms with Gasteiger partial charge in [-0.15, -0.1) is 0 Å². The topological polar surface area (TPSA) is 21.3 Å². The van der Waals surface area contributed by atoms with Gasteiger partial charge in [0.15, 0.2) is 0 Å². The second-order valence-corrected chi connectivity index (χ2v) is 2.96. The summed E-state index contributed by atoms with van der Waals surface area (Å²) >= 11 is 0. The van der Waals surface area contributed by atoms with E-state index in [0.717, 1.165) is 0 Å². The standard InChI is InChI=1S/C10H15NO.C2H6/c1-8-5-4-6-10(7-8)9(2)11-12-3;1-2/h4-7,9,11H,1-3H3;1-2H3. The Morgan fingerprint density at radius 1 is 1.29 bits per heavy atom. The number of aryl methyl sites for hydroxylation is 1. The van der Waals surface area contributed by atoms with Crippen molar-refractivity contribution in [1.82, 2.24) is 5.48 Å². The first-order valence-corrected chi connectivity index (χ1v) is 5.09. The molecule has 0 amide bonds. The van der Waals surface area contributed by atoms with Crippen molar-refractivity contribution < 1.29 is 4.84 Å². The van der Waals surface area contributed by atoms with Crippen LogP contribution in [0.25, 0.3) is 0 Å². The van der Waals surface area contributed by atoms with E-state index in [9.17, 15) is 0 Å². The quantitative estimate of drug-likeness (QED) is 0.748. The molecule has 1 aromatic carbocycles. The summed E-state index contributed by atoms with van der Waals surface area (Å²) in [6, 6.07) is 8.62. The molecule has 0 aliphatic rings. The molecule has 1 N–H and O–H groups in total. The summed E-state index contributed by atoms with van der Waals surface area (Å²) in [7, 11) is 1.63. The Labute approximate surface area is 87.2 Å². The van der Waals surface area contributed by atoms with Crippen LogP contribution in [-0.2, 0) is 4.84 Å². The monoisotopic (exact) mass is 195 g/mol. The summed E-state index contributed by atoms with van der Waals surface area (Å²) in [6.07, 6.45) is 0. The Bertz CT molecular complexity index is 248. The van der Waals surface area contributed by atoms with E-state index in [4.69, 9.17) is 4.84 Å². The maximum Gasteiger partial charge on any atom is 0.0572 e. The third kappa shape index (κ3) is 4.40. The Morgan fingerprint density at radius 2 is 1.93 bits per heavy atom. The Kier molecular flexibility index (Phi) is 7.07. The molecular weight excluding hydrogens is 174 g/mol. The molecule has 0 aliphatic carbocycles. The van der Waals surface area contributed by atoms with Crippen molar-refractivity contribution in [3.8, 4) is 0 Å². The fourth-order valence-corrected chi connectivity index (χ4v) is 1.18. The van der Waals surface area contributed by atoms with E-state index >= 15 is 0 Å². The highest BCUT2D eigenvalue weighted by Gasteiger charge is 2.02. The lowest BCUT2D eigenvalue weighted by Crippen LogP contribution is -2.16. The van der Waals surface area contributed by atoms with E-state index in [1.54, 1.807) is 7.11 Å². The van der Waals surface area contributed by atoms with Gasteiger partial charge in [-0.1, -0.05) is 43.7 Å². The van der Waals surface area contributed by atoms with Crippen molar-refractivity contribution >= 4 is 0 Å². The minimum absolute atomic E-state index is 0.245. The van der Waals surface area contributed by atoms with Crippen molar-refractivity contribution in [3.63, 3.8) is 0 Å². The van der Waals surface area contributed by atoms with Gasteiger partial charge >= 0.3 is 0 Å². The lowest BCUT2D eigenvalue weighted by atomic mass is 10.1. The molecule has 14 heavy (non-hydrogen) atoms. The van der Waals surface area contributed by atoms with E-state index in [1.807, 2.05) is 13.8 Å². The Morgan fingerprint density at radius 3 is 2.43 bits per heavy atom. The van der Waals surface area contributed by atoms with Crippen LogP contribution in [0.15, 0.2) is 24.3 Å². The SMILES string of the molecule is CC.CONC(C)c1cccc(C)c1. The zero-order valence-corrected chi connectivity index (χ0v) is 9.79. The molecule has 1 rings (SSSR count). The van der Waals surface area contributed by atoms with Crippen LogP contribution in [0.4, 0.5) is 0 Å². The largest absolute Gasteiger partial charge is 0.305 e. The summed E-state index contributed by atoms with van der Waals surface area (Å²) in [5.41, 5.74) is 5.41. The van der Waals surface area contributed by atoms with Crippen molar-refractivity contribution in [1.29, 1.82) is 0 Å². The molecular formula is C12H21NO. The summed E-state index contributed by atoms with van der Waals surface area (Å²) in [4.78, 5) is 4.85. The molecule has 2 nitrogen and oxygen atoms in total. The maximum absolute atomic E-state index is 4.85. The van der Waals surface area contributed by atoms with Gasteiger partial charge in [0.25, 0.3) is 0 Å². The van der Waals surface area contributed by atoms with Crippen molar-refractivity contribution in [3.05, 3.63) is 35.4 Å². The van der Waals surface area contributed by atoms with Gasteiger partial charge in [-0.25, -0.2) is 0 Å². The number of benzene rings is 1. The third-order valence-electron chi connectivity index (χ3n) is 1.84. The Hall–Kier alpha value is -0.860. The first-order valence-electron chi connectivity index (χ1n) is 5.09. The van der Waals surface area contributed by atoms with Crippen LogP contribution in [0.2, 0.25) is 0 Å². The first kappa shape index (κ1) is 13.1. The predicted molar refractivity (Wildman–Crippen MR) is 61.1 cm³/mol. The molecule has 0 aliphatic heterocycles. The summed E-state index contributed by atoms with van der Waals surface area (Å²) in [5.74, 6) is 0. The van der Waals surface area contributed by atoms with Crippen molar-refractivity contribution in [2.45, 2.75) is 33.7 Å². The molecule has 0 spiro atoms. The van der Waals surface area contributed by atoms with Crippen LogP contribution >= 0.6 is 0 Å². The number of hydrogen-bond donors (Lipinski definition) is 1. The second-order valence-electron chi connectivity index (χ2n) is 2.96. The predicted octanol–water partition coefficient (Wildman–Crippen LogP) is 3.23. The van der Waals surface area contributed by atoms with Gasteiger partial charge in [0.2, 0.25) is 0 Å². The minimum atomic E-state index is 0.245. The molecule has 0 saturated heterocycles. The molecule has 0 bridgehead atoms.